The summed E-state index contributed by atoms with van der Waals surface area (Å²) in [5.41, 5.74) is 2.77. The Labute approximate surface area is 155 Å². The van der Waals surface area contributed by atoms with Crippen molar-refractivity contribution in [1.82, 2.24) is 20.2 Å². The maximum atomic E-state index is 6.00. The highest BCUT2D eigenvalue weighted by Gasteiger charge is 2.27. The van der Waals surface area contributed by atoms with Gasteiger partial charge >= 0.3 is 0 Å². The van der Waals surface area contributed by atoms with E-state index in [1.54, 1.807) is 18.9 Å². The van der Waals surface area contributed by atoms with Gasteiger partial charge in [-0.05, 0) is 40.3 Å². The first kappa shape index (κ1) is 16.4. The third kappa shape index (κ3) is 2.76. The lowest BCUT2D eigenvalue weighted by Gasteiger charge is -2.25. The fraction of sp³-hybridized carbons (Fsp3) is 0.167. The van der Waals surface area contributed by atoms with Crippen LogP contribution in [0.15, 0.2) is 48.5 Å². The van der Waals surface area contributed by atoms with Crippen LogP contribution in [0, 0.1) is 0 Å². The highest BCUT2D eigenvalue weighted by Crippen LogP contribution is 2.40. The van der Waals surface area contributed by atoms with Crippen LogP contribution in [-0.2, 0) is 0 Å². The monoisotopic (exact) mass is 369 g/mol. The lowest BCUT2D eigenvalue weighted by Crippen LogP contribution is -2.20. The zero-order valence-corrected chi connectivity index (χ0v) is 14.9. The number of halogens is 1. The number of tetrazole rings is 1. The summed E-state index contributed by atoms with van der Waals surface area (Å²) in [5, 5.41) is 15.9. The van der Waals surface area contributed by atoms with E-state index in [1.165, 1.54) is 0 Å². The minimum atomic E-state index is -0.253. The van der Waals surface area contributed by atoms with E-state index in [1.807, 2.05) is 48.5 Å². The smallest absolute Gasteiger partial charge is 0.248 e. The van der Waals surface area contributed by atoms with E-state index in [-0.39, 0.29) is 6.04 Å². The van der Waals surface area contributed by atoms with Gasteiger partial charge in [0.2, 0.25) is 5.95 Å². The molecule has 4 rings (SSSR count). The summed E-state index contributed by atoms with van der Waals surface area (Å²) in [7, 11) is 3.23. The van der Waals surface area contributed by atoms with Gasteiger partial charge in [-0.3, -0.25) is 0 Å². The topological polar surface area (TPSA) is 74.1 Å². The van der Waals surface area contributed by atoms with Crippen LogP contribution in [-0.4, -0.2) is 34.4 Å². The van der Waals surface area contributed by atoms with Gasteiger partial charge in [0.15, 0.2) is 11.5 Å². The predicted molar refractivity (Wildman–Crippen MR) is 98.6 cm³/mol. The van der Waals surface area contributed by atoms with Crippen LogP contribution in [0.1, 0.15) is 17.2 Å². The molecule has 2 heterocycles. The molecule has 0 spiro atoms. The molecule has 3 aromatic rings. The molecule has 1 N–H and O–H groups in total. The van der Waals surface area contributed by atoms with Gasteiger partial charge in [-0.2, -0.15) is 4.68 Å². The Bertz CT molecular complexity index is 968. The largest absolute Gasteiger partial charge is 0.493 e. The van der Waals surface area contributed by atoms with Crippen molar-refractivity contribution in [3.63, 3.8) is 0 Å². The van der Waals surface area contributed by atoms with Crippen LogP contribution in [0.3, 0.4) is 0 Å². The van der Waals surface area contributed by atoms with Gasteiger partial charge in [-0.1, -0.05) is 41.0 Å². The molecular formula is C18H16ClN5O2. The van der Waals surface area contributed by atoms with Crippen LogP contribution in [0.4, 0.5) is 5.95 Å². The number of hydrogen-bond acceptors (Lipinski definition) is 6. The van der Waals surface area contributed by atoms with Crippen LogP contribution >= 0.6 is 11.6 Å². The summed E-state index contributed by atoms with van der Waals surface area (Å²) < 4.78 is 12.7. The second-order valence-corrected chi connectivity index (χ2v) is 6.12. The van der Waals surface area contributed by atoms with Gasteiger partial charge in [-0.25, -0.2) is 0 Å². The first-order chi connectivity index (χ1) is 12.7. The van der Waals surface area contributed by atoms with Crippen molar-refractivity contribution in [3.8, 4) is 11.5 Å². The zero-order chi connectivity index (χ0) is 18.1. The molecule has 0 saturated heterocycles. The molecular weight excluding hydrogens is 354 g/mol. The maximum Gasteiger partial charge on any atom is 0.248 e. The van der Waals surface area contributed by atoms with Crippen LogP contribution < -0.4 is 14.8 Å². The first-order valence-electron chi connectivity index (χ1n) is 7.95. The van der Waals surface area contributed by atoms with Gasteiger partial charge < -0.3 is 14.8 Å². The number of benzene rings is 2. The van der Waals surface area contributed by atoms with Gasteiger partial charge in [0.1, 0.15) is 6.04 Å². The number of aromatic nitrogens is 4. The van der Waals surface area contributed by atoms with E-state index in [9.17, 15) is 0 Å². The Morgan fingerprint density at radius 3 is 2.62 bits per heavy atom. The first-order valence-corrected chi connectivity index (χ1v) is 8.32. The molecule has 1 aliphatic heterocycles. The van der Waals surface area contributed by atoms with E-state index in [2.05, 4.69) is 20.8 Å². The minimum absolute atomic E-state index is 0.253. The van der Waals surface area contributed by atoms with Gasteiger partial charge in [0.05, 0.1) is 14.2 Å². The molecule has 0 bridgehead atoms. The highest BCUT2D eigenvalue weighted by molar-refractivity contribution is 6.30. The normalized spacial score (nSPS) is 15.7. The van der Waals surface area contributed by atoms with Crippen molar-refractivity contribution >= 4 is 23.2 Å². The Morgan fingerprint density at radius 1 is 1.08 bits per heavy atom. The Kier molecular flexibility index (Phi) is 4.22. The molecule has 26 heavy (non-hydrogen) atoms. The molecule has 2 aromatic carbocycles. The van der Waals surface area contributed by atoms with Crippen molar-refractivity contribution in [3.05, 3.63) is 64.7 Å². The molecule has 132 valence electrons. The van der Waals surface area contributed by atoms with Gasteiger partial charge in [0.25, 0.3) is 0 Å². The van der Waals surface area contributed by atoms with E-state index in [0.717, 1.165) is 16.8 Å². The summed E-state index contributed by atoms with van der Waals surface area (Å²) in [6, 6.07) is 13.1. The molecule has 0 unspecified atom stereocenters. The Morgan fingerprint density at radius 2 is 1.88 bits per heavy atom. The molecule has 0 amide bonds. The molecule has 0 radical (unpaired) electrons. The second-order valence-electron chi connectivity index (χ2n) is 5.69. The zero-order valence-electron chi connectivity index (χ0n) is 14.2. The number of nitrogens with zero attached hydrogens (tertiary/aromatic N) is 4. The maximum absolute atomic E-state index is 6.00. The molecule has 1 aliphatic rings. The summed E-state index contributed by atoms with van der Waals surface area (Å²) in [4.78, 5) is 0. The van der Waals surface area contributed by atoms with Crippen molar-refractivity contribution in [1.29, 1.82) is 0 Å². The van der Waals surface area contributed by atoms with Gasteiger partial charge in [-0.15, -0.1) is 0 Å². The fourth-order valence-electron chi connectivity index (χ4n) is 3.02. The van der Waals surface area contributed by atoms with E-state index < -0.39 is 0 Å². The van der Waals surface area contributed by atoms with Crippen LogP contribution in [0.2, 0.25) is 5.02 Å². The van der Waals surface area contributed by atoms with Crippen molar-refractivity contribution in [2.75, 3.05) is 19.5 Å². The highest BCUT2D eigenvalue weighted by atomic mass is 35.5. The van der Waals surface area contributed by atoms with Crippen molar-refractivity contribution < 1.29 is 9.47 Å². The number of nitrogens with one attached hydrogen (secondary N) is 1. The summed E-state index contributed by atoms with van der Waals surface area (Å²) in [6.07, 6.45) is 2.05. The van der Waals surface area contributed by atoms with Crippen LogP contribution in [0.25, 0.3) is 5.70 Å². The number of fused-ring (bicyclic) bond motifs is 1. The molecule has 0 aliphatic carbocycles. The molecule has 0 saturated carbocycles. The average molecular weight is 370 g/mol. The fourth-order valence-corrected chi connectivity index (χ4v) is 3.14. The number of hydrogen-bond donors (Lipinski definition) is 1. The third-order valence-electron chi connectivity index (χ3n) is 4.23. The van der Waals surface area contributed by atoms with Crippen molar-refractivity contribution in [2.45, 2.75) is 6.04 Å². The number of rotatable bonds is 4. The number of allylic oxidation sites excluding steroid dienone is 1. The lowest BCUT2D eigenvalue weighted by atomic mass is 10.0. The molecule has 7 nitrogen and oxygen atoms in total. The summed E-state index contributed by atoms with van der Waals surface area (Å²) in [5.74, 6) is 1.85. The molecule has 1 aromatic heterocycles. The average Bonchev–Trinajstić information content (AvgIpc) is 3.15. The Balaban J connectivity index is 1.85. The predicted octanol–water partition coefficient (Wildman–Crippen LogP) is 3.40. The lowest BCUT2D eigenvalue weighted by molar-refractivity contribution is 0.348. The minimum Gasteiger partial charge on any atom is -0.493 e. The van der Waals surface area contributed by atoms with E-state index in [0.29, 0.717) is 22.5 Å². The van der Waals surface area contributed by atoms with Gasteiger partial charge in [0, 0.05) is 16.3 Å². The van der Waals surface area contributed by atoms with Crippen LogP contribution in [0.5, 0.6) is 11.5 Å². The second kappa shape index (κ2) is 6.68. The van der Waals surface area contributed by atoms with E-state index >= 15 is 0 Å². The van der Waals surface area contributed by atoms with Crippen molar-refractivity contribution in [2.24, 2.45) is 0 Å². The standard InChI is InChI=1S/C18H16ClN5O2/c1-25-16-5-3-4-13(17(16)26-2)15-10-14(11-6-8-12(19)9-7-11)20-18-21-22-23-24(15)18/h3-10,15H,1-2H3,(H,20,21,23)/t15-/m0/s1. The third-order valence-corrected chi connectivity index (χ3v) is 4.49. The number of methoxy groups -OCH3 is 2. The quantitative estimate of drug-likeness (QED) is 0.759. The van der Waals surface area contributed by atoms with E-state index in [4.69, 9.17) is 21.1 Å². The molecule has 1 atom stereocenters. The SMILES string of the molecule is COc1cccc([C@@H]2C=C(c3ccc(Cl)cc3)Nc3nnnn32)c1OC. The summed E-state index contributed by atoms with van der Waals surface area (Å²) >= 11 is 6.00. The number of ether oxygens (including phenoxy) is 2. The molecule has 8 heteroatoms. The summed E-state index contributed by atoms with van der Waals surface area (Å²) in [6.45, 7) is 0. The number of anilines is 1. The number of para-hydroxylation sites is 1. The molecule has 0 fully saturated rings. The Hall–Kier alpha value is -3.06.